The second-order valence-corrected chi connectivity index (χ2v) is 11.2. The topological polar surface area (TPSA) is 79.7 Å². The molecule has 7 nitrogen and oxygen atoms in total. The average Bonchev–Trinajstić information content (AvgIpc) is 3.07. The predicted octanol–water partition coefficient (Wildman–Crippen LogP) is 3.03. The highest BCUT2D eigenvalue weighted by Crippen LogP contribution is 2.28. The first-order valence-corrected chi connectivity index (χ1v) is 13.1. The molecule has 1 amide bonds. The van der Waals surface area contributed by atoms with Gasteiger partial charge in [0.05, 0.1) is 15.1 Å². The molecule has 164 valence electrons. The minimum absolute atomic E-state index is 0.0106. The van der Waals surface area contributed by atoms with Crippen LogP contribution in [-0.2, 0) is 21.4 Å². The molecule has 2 saturated heterocycles. The second kappa shape index (κ2) is 8.80. The van der Waals surface area contributed by atoms with Crippen LogP contribution in [0.3, 0.4) is 0 Å². The maximum atomic E-state index is 13.1. The van der Waals surface area contributed by atoms with Crippen LogP contribution in [0.15, 0.2) is 27.9 Å². The fourth-order valence-corrected chi connectivity index (χ4v) is 7.25. The van der Waals surface area contributed by atoms with E-state index in [-0.39, 0.29) is 28.1 Å². The number of aromatic nitrogens is 1. The third-order valence-corrected chi connectivity index (χ3v) is 9.20. The summed E-state index contributed by atoms with van der Waals surface area (Å²) in [6.45, 7) is 4.41. The van der Waals surface area contributed by atoms with E-state index in [9.17, 15) is 18.0 Å². The van der Waals surface area contributed by atoms with Crippen molar-refractivity contribution >= 4 is 37.5 Å². The zero-order valence-electron chi connectivity index (χ0n) is 17.4. The highest BCUT2D eigenvalue weighted by molar-refractivity contribution is 7.89. The molecule has 30 heavy (non-hydrogen) atoms. The molecule has 0 aliphatic carbocycles. The number of thiazole rings is 1. The van der Waals surface area contributed by atoms with Crippen LogP contribution in [0.2, 0.25) is 0 Å². The smallest absolute Gasteiger partial charge is 0.308 e. The number of carbonyl (C=O) groups is 1. The van der Waals surface area contributed by atoms with Crippen LogP contribution in [0.25, 0.3) is 10.2 Å². The number of nitrogens with zero attached hydrogens (tertiary/aromatic N) is 3. The Morgan fingerprint density at radius 3 is 2.57 bits per heavy atom. The van der Waals surface area contributed by atoms with Crippen molar-refractivity contribution in [2.75, 3.05) is 19.6 Å². The van der Waals surface area contributed by atoms with Crippen molar-refractivity contribution in [2.24, 2.45) is 0 Å². The van der Waals surface area contributed by atoms with E-state index in [1.165, 1.54) is 6.42 Å². The van der Waals surface area contributed by atoms with Crippen molar-refractivity contribution in [3.63, 3.8) is 0 Å². The first kappa shape index (κ1) is 21.5. The Morgan fingerprint density at radius 2 is 1.83 bits per heavy atom. The van der Waals surface area contributed by atoms with Crippen molar-refractivity contribution in [1.82, 2.24) is 13.8 Å². The summed E-state index contributed by atoms with van der Waals surface area (Å²) in [5.41, 5.74) is 0.696. The average molecular weight is 452 g/mol. The molecule has 0 saturated carbocycles. The minimum atomic E-state index is -3.58. The van der Waals surface area contributed by atoms with E-state index in [0.29, 0.717) is 23.3 Å². The first-order chi connectivity index (χ1) is 14.4. The number of fused-ring (bicyclic) bond motifs is 1. The Hall–Kier alpha value is -1.71. The summed E-state index contributed by atoms with van der Waals surface area (Å²) >= 11 is 1.04. The Kier molecular flexibility index (Phi) is 6.31. The highest BCUT2D eigenvalue weighted by Gasteiger charge is 2.31. The number of likely N-dealkylation sites (tertiary alicyclic amines) is 1. The first-order valence-electron chi connectivity index (χ1n) is 10.8. The van der Waals surface area contributed by atoms with Gasteiger partial charge in [-0.05, 0) is 57.2 Å². The lowest BCUT2D eigenvalue weighted by molar-refractivity contribution is -0.132. The van der Waals surface area contributed by atoms with Gasteiger partial charge in [0.15, 0.2) is 0 Å². The number of hydrogen-bond donors (Lipinski definition) is 0. The van der Waals surface area contributed by atoms with Gasteiger partial charge in [0, 0.05) is 38.6 Å². The van der Waals surface area contributed by atoms with E-state index in [1.807, 2.05) is 11.8 Å². The number of sulfonamides is 1. The van der Waals surface area contributed by atoms with Crippen LogP contribution in [-0.4, -0.2) is 53.8 Å². The molecule has 4 rings (SSSR count). The van der Waals surface area contributed by atoms with Crippen LogP contribution in [0.1, 0.15) is 51.9 Å². The maximum Gasteiger partial charge on any atom is 0.308 e. The maximum absolute atomic E-state index is 13.1. The molecule has 0 radical (unpaired) electrons. The number of aryl methyl sites for hydroxylation is 1. The summed E-state index contributed by atoms with van der Waals surface area (Å²) in [7, 11) is -3.58. The van der Waals surface area contributed by atoms with Gasteiger partial charge in [-0.2, -0.15) is 4.31 Å². The Balaban J connectivity index is 1.55. The molecule has 2 aliphatic rings. The third-order valence-electron chi connectivity index (χ3n) is 6.25. The summed E-state index contributed by atoms with van der Waals surface area (Å²) in [6, 6.07) is 4.90. The molecular formula is C21H29N3O4S2. The number of rotatable bonds is 5. The second-order valence-electron chi connectivity index (χ2n) is 8.30. The lowest BCUT2D eigenvalue weighted by Crippen LogP contribution is -2.41. The number of carbonyl (C=O) groups excluding carboxylic acids is 1. The normalized spacial score (nSPS) is 21.2. The zero-order chi connectivity index (χ0) is 21.3. The summed E-state index contributed by atoms with van der Waals surface area (Å²) in [5, 5.41) is 0. The van der Waals surface area contributed by atoms with Crippen molar-refractivity contribution in [3.05, 3.63) is 27.9 Å². The molecule has 3 heterocycles. The molecule has 1 unspecified atom stereocenters. The SMILES string of the molecule is CC1CCCCN1S(=O)(=O)c1ccc2c(c1)sc(=O)n2CCC(=O)N1CCCCC1. The van der Waals surface area contributed by atoms with Crippen molar-refractivity contribution in [2.45, 2.75) is 69.4 Å². The summed E-state index contributed by atoms with van der Waals surface area (Å²) in [4.78, 5) is 27.0. The lowest BCUT2D eigenvalue weighted by Gasteiger charge is -2.32. The molecule has 0 bridgehead atoms. The van der Waals surface area contributed by atoms with E-state index in [2.05, 4.69) is 0 Å². The Morgan fingerprint density at radius 1 is 1.10 bits per heavy atom. The summed E-state index contributed by atoms with van der Waals surface area (Å²) < 4.78 is 30.1. The number of hydrogen-bond acceptors (Lipinski definition) is 5. The third kappa shape index (κ3) is 4.20. The van der Waals surface area contributed by atoms with Gasteiger partial charge in [0.2, 0.25) is 15.9 Å². The lowest BCUT2D eigenvalue weighted by atomic mass is 10.1. The quantitative estimate of drug-likeness (QED) is 0.700. The molecule has 1 aromatic carbocycles. The molecule has 9 heteroatoms. The van der Waals surface area contributed by atoms with Gasteiger partial charge in [-0.3, -0.25) is 14.2 Å². The van der Waals surface area contributed by atoms with Crippen LogP contribution in [0.5, 0.6) is 0 Å². The largest absolute Gasteiger partial charge is 0.343 e. The Bertz CT molecular complexity index is 1080. The van der Waals surface area contributed by atoms with Crippen molar-refractivity contribution < 1.29 is 13.2 Å². The van der Waals surface area contributed by atoms with Crippen LogP contribution < -0.4 is 4.87 Å². The minimum Gasteiger partial charge on any atom is -0.343 e. The predicted molar refractivity (Wildman–Crippen MR) is 118 cm³/mol. The van der Waals surface area contributed by atoms with E-state index >= 15 is 0 Å². The van der Waals surface area contributed by atoms with Crippen LogP contribution in [0, 0.1) is 0 Å². The number of benzene rings is 1. The van der Waals surface area contributed by atoms with Gasteiger partial charge >= 0.3 is 4.87 Å². The fourth-order valence-electron chi connectivity index (χ4n) is 4.49. The molecule has 1 atom stereocenters. The molecule has 0 N–H and O–H groups in total. The van der Waals surface area contributed by atoms with Gasteiger partial charge in [0.25, 0.3) is 0 Å². The van der Waals surface area contributed by atoms with E-state index < -0.39 is 10.0 Å². The van der Waals surface area contributed by atoms with Crippen LogP contribution in [0.4, 0.5) is 0 Å². The van der Waals surface area contributed by atoms with Crippen molar-refractivity contribution in [3.8, 4) is 0 Å². The van der Waals surface area contributed by atoms with Gasteiger partial charge in [-0.1, -0.05) is 17.8 Å². The molecule has 2 aliphatic heterocycles. The van der Waals surface area contributed by atoms with Gasteiger partial charge in [-0.25, -0.2) is 8.42 Å². The molecular weight excluding hydrogens is 422 g/mol. The van der Waals surface area contributed by atoms with Crippen molar-refractivity contribution in [1.29, 1.82) is 0 Å². The summed E-state index contributed by atoms with van der Waals surface area (Å²) in [5.74, 6) is 0.0826. The molecule has 2 aromatic rings. The van der Waals surface area contributed by atoms with E-state index in [1.54, 1.807) is 27.1 Å². The summed E-state index contributed by atoms with van der Waals surface area (Å²) in [6.07, 6.45) is 6.33. The van der Waals surface area contributed by atoms with E-state index in [0.717, 1.165) is 56.5 Å². The molecule has 0 spiro atoms. The fraction of sp³-hybridized carbons (Fsp3) is 0.619. The van der Waals surface area contributed by atoms with Crippen LogP contribution >= 0.6 is 11.3 Å². The highest BCUT2D eigenvalue weighted by atomic mass is 32.2. The van der Waals surface area contributed by atoms with Gasteiger partial charge in [0.1, 0.15) is 0 Å². The van der Waals surface area contributed by atoms with Gasteiger partial charge in [-0.15, -0.1) is 0 Å². The molecule has 1 aromatic heterocycles. The van der Waals surface area contributed by atoms with E-state index in [4.69, 9.17) is 0 Å². The number of amides is 1. The molecule has 2 fully saturated rings. The monoisotopic (exact) mass is 451 g/mol. The standard InChI is InChI=1S/C21H29N3O4S2/c1-16-7-3-6-13-24(16)30(27,28)17-8-9-18-19(15-17)29-21(26)23(18)14-10-20(25)22-11-4-2-5-12-22/h8-9,15-16H,2-7,10-14H2,1H3. The number of piperidine rings is 2. The zero-order valence-corrected chi connectivity index (χ0v) is 19.0. The Labute approximate surface area is 181 Å². The van der Waals surface area contributed by atoms with Gasteiger partial charge < -0.3 is 4.90 Å².